The van der Waals surface area contributed by atoms with Crippen molar-refractivity contribution < 1.29 is 19.4 Å². The monoisotopic (exact) mass is 335 g/mol. The minimum absolute atomic E-state index is 0.142. The highest BCUT2D eigenvalue weighted by atomic mass is 16.5. The highest BCUT2D eigenvalue weighted by Crippen LogP contribution is 2.39. The molecular formula is C17H25N3O4. The van der Waals surface area contributed by atoms with Gasteiger partial charge in [-0.3, -0.25) is 4.90 Å². The Labute approximate surface area is 141 Å². The third-order valence-corrected chi connectivity index (χ3v) is 4.51. The van der Waals surface area contributed by atoms with Gasteiger partial charge in [-0.15, -0.1) is 0 Å². The lowest BCUT2D eigenvalue weighted by Gasteiger charge is -2.43. The molecule has 1 aliphatic rings. The number of alkyl carbamates (subject to hydrolysis) is 1. The van der Waals surface area contributed by atoms with Gasteiger partial charge in [0.15, 0.2) is 0 Å². The molecule has 0 bridgehead atoms. The van der Waals surface area contributed by atoms with Gasteiger partial charge in [-0.05, 0) is 11.0 Å². The molecule has 132 valence electrons. The normalized spacial score (nSPS) is 23.8. The molecule has 24 heavy (non-hydrogen) atoms. The smallest absolute Gasteiger partial charge is 0.408 e. The van der Waals surface area contributed by atoms with Crippen LogP contribution in [0.2, 0.25) is 0 Å². The molecule has 1 unspecified atom stereocenters. The van der Waals surface area contributed by atoms with Crippen LogP contribution in [0.3, 0.4) is 0 Å². The average Bonchev–Trinajstić information content (AvgIpc) is 2.84. The number of nitrogens with two attached hydrogens (primary N) is 1. The number of ether oxygens (including phenoxy) is 1. The minimum Gasteiger partial charge on any atom is -0.465 e. The molecule has 2 rings (SSSR count). The SMILES string of the molecule is CC(C)(C)C1(N)C[C@@H](NC(=O)OCc2ccccc2)CN1C(=O)O. The maximum absolute atomic E-state index is 12.0. The summed E-state index contributed by atoms with van der Waals surface area (Å²) in [5.41, 5.74) is 5.74. The van der Waals surface area contributed by atoms with Crippen molar-refractivity contribution in [2.45, 2.75) is 45.5 Å². The Morgan fingerprint density at radius 2 is 2.00 bits per heavy atom. The Kier molecular flexibility index (Phi) is 5.03. The Morgan fingerprint density at radius 1 is 1.38 bits per heavy atom. The molecule has 0 aliphatic carbocycles. The number of hydrogen-bond acceptors (Lipinski definition) is 4. The van der Waals surface area contributed by atoms with Gasteiger partial charge in [0.25, 0.3) is 0 Å². The molecule has 1 aromatic carbocycles. The number of benzene rings is 1. The summed E-state index contributed by atoms with van der Waals surface area (Å²) >= 11 is 0. The second kappa shape index (κ2) is 6.68. The predicted octanol–water partition coefficient (Wildman–Crippen LogP) is 2.37. The fraction of sp³-hybridized carbons (Fsp3) is 0.529. The summed E-state index contributed by atoms with van der Waals surface area (Å²) in [4.78, 5) is 24.7. The third kappa shape index (κ3) is 3.79. The topological polar surface area (TPSA) is 105 Å². The zero-order valence-corrected chi connectivity index (χ0v) is 14.3. The number of amides is 2. The van der Waals surface area contributed by atoms with Gasteiger partial charge in [-0.1, -0.05) is 51.1 Å². The van der Waals surface area contributed by atoms with Crippen molar-refractivity contribution in [2.24, 2.45) is 11.1 Å². The Hall–Kier alpha value is -2.28. The number of carboxylic acid groups (broad SMARTS) is 1. The molecule has 1 fully saturated rings. The summed E-state index contributed by atoms with van der Waals surface area (Å²) in [5.74, 6) is 0. The summed E-state index contributed by atoms with van der Waals surface area (Å²) in [5, 5.41) is 12.1. The first-order valence-electron chi connectivity index (χ1n) is 7.90. The van der Waals surface area contributed by atoms with Gasteiger partial charge < -0.3 is 20.9 Å². The molecule has 2 atom stereocenters. The first-order chi connectivity index (χ1) is 11.1. The summed E-state index contributed by atoms with van der Waals surface area (Å²) in [6.45, 7) is 5.97. The van der Waals surface area contributed by atoms with E-state index in [9.17, 15) is 14.7 Å². The van der Waals surface area contributed by atoms with Crippen molar-refractivity contribution >= 4 is 12.2 Å². The first-order valence-corrected chi connectivity index (χ1v) is 7.90. The van der Waals surface area contributed by atoms with Gasteiger partial charge in [-0.25, -0.2) is 9.59 Å². The fourth-order valence-corrected chi connectivity index (χ4v) is 2.92. The molecule has 2 amide bonds. The standard InChI is InChI=1S/C17H25N3O4/c1-16(2,3)17(18)9-13(10-20(17)15(22)23)19-14(21)24-11-12-7-5-4-6-8-12/h4-8,13H,9-11,18H2,1-3H3,(H,19,21)(H,22,23)/t13-,17?/m1/s1. The summed E-state index contributed by atoms with van der Waals surface area (Å²) in [6, 6.07) is 8.96. The fourth-order valence-electron chi connectivity index (χ4n) is 2.92. The molecule has 0 radical (unpaired) electrons. The van der Waals surface area contributed by atoms with Crippen molar-refractivity contribution in [3.8, 4) is 0 Å². The van der Waals surface area contributed by atoms with Crippen LogP contribution in [-0.2, 0) is 11.3 Å². The van der Waals surface area contributed by atoms with Crippen molar-refractivity contribution in [3.05, 3.63) is 35.9 Å². The van der Waals surface area contributed by atoms with E-state index in [-0.39, 0.29) is 19.2 Å². The van der Waals surface area contributed by atoms with Gasteiger partial charge >= 0.3 is 12.2 Å². The predicted molar refractivity (Wildman–Crippen MR) is 89.3 cm³/mol. The van der Waals surface area contributed by atoms with Crippen molar-refractivity contribution in [1.29, 1.82) is 0 Å². The maximum atomic E-state index is 12.0. The van der Waals surface area contributed by atoms with Crippen LogP contribution in [0.4, 0.5) is 9.59 Å². The van der Waals surface area contributed by atoms with E-state index in [1.165, 1.54) is 4.90 Å². The Balaban J connectivity index is 1.96. The van der Waals surface area contributed by atoms with Gasteiger partial charge in [0, 0.05) is 13.0 Å². The van der Waals surface area contributed by atoms with E-state index in [4.69, 9.17) is 10.5 Å². The van der Waals surface area contributed by atoms with E-state index in [1.807, 2.05) is 51.1 Å². The molecule has 0 spiro atoms. The molecule has 1 aliphatic heterocycles. The van der Waals surface area contributed by atoms with E-state index in [0.717, 1.165) is 5.56 Å². The number of carbonyl (C=O) groups excluding carboxylic acids is 1. The maximum Gasteiger partial charge on any atom is 0.408 e. The van der Waals surface area contributed by atoms with E-state index in [2.05, 4.69) is 5.32 Å². The molecule has 4 N–H and O–H groups in total. The summed E-state index contributed by atoms with van der Waals surface area (Å²) in [7, 11) is 0. The molecule has 1 heterocycles. The Morgan fingerprint density at radius 3 is 2.50 bits per heavy atom. The largest absolute Gasteiger partial charge is 0.465 e. The molecule has 0 saturated carbocycles. The van der Waals surface area contributed by atoms with Crippen LogP contribution in [0, 0.1) is 5.41 Å². The number of hydrogen-bond donors (Lipinski definition) is 3. The molecular weight excluding hydrogens is 310 g/mol. The van der Waals surface area contributed by atoms with Crippen LogP contribution in [0.15, 0.2) is 30.3 Å². The first kappa shape index (κ1) is 18.1. The number of carbonyl (C=O) groups is 2. The lowest BCUT2D eigenvalue weighted by atomic mass is 9.79. The quantitative estimate of drug-likeness (QED) is 0.786. The van der Waals surface area contributed by atoms with E-state index >= 15 is 0 Å². The van der Waals surface area contributed by atoms with Gasteiger partial charge in [0.1, 0.15) is 12.3 Å². The van der Waals surface area contributed by atoms with Crippen LogP contribution in [-0.4, -0.2) is 40.4 Å². The highest BCUT2D eigenvalue weighted by Gasteiger charge is 2.52. The van der Waals surface area contributed by atoms with Crippen molar-refractivity contribution in [2.75, 3.05) is 6.54 Å². The van der Waals surface area contributed by atoms with Crippen LogP contribution in [0.1, 0.15) is 32.8 Å². The lowest BCUT2D eigenvalue weighted by molar-refractivity contribution is 0.0353. The van der Waals surface area contributed by atoms with Crippen LogP contribution in [0.25, 0.3) is 0 Å². The zero-order valence-electron chi connectivity index (χ0n) is 14.3. The van der Waals surface area contributed by atoms with Gasteiger partial charge in [0.2, 0.25) is 0 Å². The van der Waals surface area contributed by atoms with Crippen molar-refractivity contribution in [3.63, 3.8) is 0 Å². The zero-order chi connectivity index (χ0) is 18.0. The number of nitrogens with zero attached hydrogens (tertiary/aromatic N) is 1. The number of nitrogens with one attached hydrogen (secondary N) is 1. The molecule has 7 heteroatoms. The lowest BCUT2D eigenvalue weighted by Crippen LogP contribution is -2.61. The van der Waals surface area contributed by atoms with E-state index in [1.54, 1.807) is 0 Å². The average molecular weight is 335 g/mol. The van der Waals surface area contributed by atoms with E-state index in [0.29, 0.717) is 6.42 Å². The van der Waals surface area contributed by atoms with Gasteiger partial charge in [0.05, 0.1) is 6.04 Å². The third-order valence-electron chi connectivity index (χ3n) is 4.51. The van der Waals surface area contributed by atoms with Crippen LogP contribution in [0.5, 0.6) is 0 Å². The number of likely N-dealkylation sites (tertiary alicyclic amines) is 1. The van der Waals surface area contributed by atoms with Crippen molar-refractivity contribution in [1.82, 2.24) is 10.2 Å². The molecule has 0 aromatic heterocycles. The minimum atomic E-state index is -1.09. The second-order valence-electron chi connectivity index (χ2n) is 7.17. The summed E-state index contributed by atoms with van der Waals surface area (Å²) < 4.78 is 5.18. The van der Waals surface area contributed by atoms with Crippen LogP contribution < -0.4 is 11.1 Å². The molecule has 1 saturated heterocycles. The molecule has 7 nitrogen and oxygen atoms in total. The highest BCUT2D eigenvalue weighted by molar-refractivity contribution is 5.69. The Bertz CT molecular complexity index is 600. The molecule has 1 aromatic rings. The second-order valence-corrected chi connectivity index (χ2v) is 7.17. The van der Waals surface area contributed by atoms with Crippen LogP contribution >= 0.6 is 0 Å². The number of rotatable bonds is 3. The summed E-state index contributed by atoms with van der Waals surface area (Å²) in [6.07, 6.45) is -1.33. The van der Waals surface area contributed by atoms with Gasteiger partial charge in [-0.2, -0.15) is 0 Å². The van der Waals surface area contributed by atoms with E-state index < -0.39 is 23.3 Å².